The Balaban J connectivity index is 2.14. The Morgan fingerprint density at radius 3 is 2.76 bits per heavy atom. The highest BCUT2D eigenvalue weighted by molar-refractivity contribution is 9.10. The zero-order chi connectivity index (χ0) is 18.0. The number of halogens is 1. The van der Waals surface area contributed by atoms with Crippen LogP contribution in [0.4, 0.5) is 10.6 Å². The summed E-state index contributed by atoms with van der Waals surface area (Å²) < 4.78 is 2.28. The standard InChI is InChI=1S/C16H15BrN6O2/c1-2-19-16(25)21-14-11(7-18)13-12(8-20-14)15(24)23(22-13)10-5-3-9(17)4-6-10/h3-8,18,22H,2H2,1H3,(H2,19,20,21,25). The molecule has 2 aromatic heterocycles. The van der Waals surface area contributed by atoms with Crippen molar-refractivity contribution in [1.29, 1.82) is 5.41 Å². The minimum Gasteiger partial charge on any atom is -0.338 e. The van der Waals surface area contributed by atoms with Crippen LogP contribution in [-0.4, -0.2) is 33.6 Å². The Bertz CT molecular complexity index is 1010. The Morgan fingerprint density at radius 1 is 1.40 bits per heavy atom. The van der Waals surface area contributed by atoms with Crippen molar-refractivity contribution in [2.75, 3.05) is 11.9 Å². The lowest BCUT2D eigenvalue weighted by atomic mass is 10.2. The number of hydrogen-bond acceptors (Lipinski definition) is 4. The van der Waals surface area contributed by atoms with E-state index in [1.165, 1.54) is 10.9 Å². The van der Waals surface area contributed by atoms with E-state index in [9.17, 15) is 9.59 Å². The molecule has 0 unspecified atom stereocenters. The number of carbonyl (C=O) groups is 1. The van der Waals surface area contributed by atoms with Gasteiger partial charge in [0.05, 0.1) is 22.2 Å². The molecule has 0 spiro atoms. The maximum atomic E-state index is 12.6. The van der Waals surface area contributed by atoms with Crippen LogP contribution in [-0.2, 0) is 0 Å². The maximum absolute atomic E-state index is 12.6. The highest BCUT2D eigenvalue weighted by Gasteiger charge is 2.16. The van der Waals surface area contributed by atoms with Gasteiger partial charge in [-0.05, 0) is 31.2 Å². The summed E-state index contributed by atoms with van der Waals surface area (Å²) in [6, 6.07) is 6.79. The van der Waals surface area contributed by atoms with E-state index in [0.717, 1.165) is 10.7 Å². The van der Waals surface area contributed by atoms with E-state index in [2.05, 4.69) is 36.6 Å². The van der Waals surface area contributed by atoms with Crippen LogP contribution in [0.25, 0.3) is 16.6 Å². The molecule has 0 fully saturated rings. The van der Waals surface area contributed by atoms with Crippen molar-refractivity contribution in [3.63, 3.8) is 0 Å². The molecule has 0 aliphatic rings. The second-order valence-corrected chi connectivity index (χ2v) is 6.08. The fourth-order valence-electron chi connectivity index (χ4n) is 2.42. The number of hydrogen-bond donors (Lipinski definition) is 4. The van der Waals surface area contributed by atoms with Crippen LogP contribution >= 0.6 is 15.9 Å². The third-order valence-electron chi connectivity index (χ3n) is 3.57. The van der Waals surface area contributed by atoms with Crippen molar-refractivity contribution in [2.24, 2.45) is 0 Å². The summed E-state index contributed by atoms with van der Waals surface area (Å²) in [6.07, 6.45) is 2.44. The third-order valence-corrected chi connectivity index (χ3v) is 4.10. The summed E-state index contributed by atoms with van der Waals surface area (Å²) in [4.78, 5) is 28.5. The number of urea groups is 1. The van der Waals surface area contributed by atoms with E-state index in [-0.39, 0.29) is 11.4 Å². The second kappa shape index (κ2) is 6.89. The minimum atomic E-state index is -0.424. The molecule has 3 rings (SSSR count). The number of aromatic amines is 1. The Hall–Kier alpha value is -2.94. The smallest absolute Gasteiger partial charge is 0.320 e. The van der Waals surface area contributed by atoms with Crippen LogP contribution in [0.2, 0.25) is 0 Å². The quantitative estimate of drug-likeness (QED) is 0.502. The van der Waals surface area contributed by atoms with Crippen molar-refractivity contribution in [2.45, 2.75) is 6.92 Å². The van der Waals surface area contributed by atoms with Gasteiger partial charge in [0.15, 0.2) is 0 Å². The van der Waals surface area contributed by atoms with Crippen molar-refractivity contribution in [3.8, 4) is 5.69 Å². The first-order chi connectivity index (χ1) is 12.0. The Morgan fingerprint density at radius 2 is 2.12 bits per heavy atom. The normalized spacial score (nSPS) is 10.6. The van der Waals surface area contributed by atoms with Crippen molar-refractivity contribution >= 4 is 44.9 Å². The molecule has 0 radical (unpaired) electrons. The van der Waals surface area contributed by atoms with Gasteiger partial charge in [0.1, 0.15) is 5.82 Å². The van der Waals surface area contributed by atoms with Gasteiger partial charge in [0, 0.05) is 23.4 Å². The molecule has 3 aromatic rings. The van der Waals surface area contributed by atoms with Crippen LogP contribution in [0, 0.1) is 5.41 Å². The molecule has 0 bridgehead atoms. The number of aromatic nitrogens is 3. The lowest BCUT2D eigenvalue weighted by Crippen LogP contribution is -2.29. The fourth-order valence-corrected chi connectivity index (χ4v) is 2.68. The van der Waals surface area contributed by atoms with E-state index in [4.69, 9.17) is 5.41 Å². The maximum Gasteiger partial charge on any atom is 0.320 e. The number of fused-ring (bicyclic) bond motifs is 1. The summed E-state index contributed by atoms with van der Waals surface area (Å²) in [5.41, 5.74) is 1.14. The molecule has 0 aliphatic heterocycles. The molecule has 0 aliphatic carbocycles. The fraction of sp³-hybridized carbons (Fsp3) is 0.125. The number of carbonyl (C=O) groups excluding carboxylic acids is 1. The van der Waals surface area contributed by atoms with Gasteiger partial charge in [0.2, 0.25) is 0 Å². The molecule has 25 heavy (non-hydrogen) atoms. The van der Waals surface area contributed by atoms with Crippen LogP contribution < -0.4 is 16.2 Å². The molecular formula is C16H15BrN6O2. The first-order valence-electron chi connectivity index (χ1n) is 7.50. The monoisotopic (exact) mass is 402 g/mol. The number of H-pyrrole nitrogens is 1. The number of rotatable bonds is 4. The molecule has 128 valence electrons. The lowest BCUT2D eigenvalue weighted by molar-refractivity contribution is 0.252. The van der Waals surface area contributed by atoms with Gasteiger partial charge in [-0.2, -0.15) is 0 Å². The molecule has 0 atom stereocenters. The SMILES string of the molecule is CCNC(=O)Nc1ncc2c(=O)n(-c3ccc(Br)cc3)[nH]c2c1C=N. The first kappa shape index (κ1) is 16.9. The van der Waals surface area contributed by atoms with Gasteiger partial charge in [-0.15, -0.1) is 0 Å². The second-order valence-electron chi connectivity index (χ2n) is 5.17. The lowest BCUT2D eigenvalue weighted by Gasteiger charge is -2.07. The van der Waals surface area contributed by atoms with Crippen LogP contribution in [0.3, 0.4) is 0 Å². The summed E-state index contributed by atoms with van der Waals surface area (Å²) >= 11 is 3.36. The number of pyridine rings is 1. The molecule has 4 N–H and O–H groups in total. The number of benzene rings is 1. The minimum absolute atomic E-state index is 0.206. The molecule has 9 heteroatoms. The van der Waals surface area contributed by atoms with Gasteiger partial charge in [0.25, 0.3) is 5.56 Å². The number of amides is 2. The summed E-state index contributed by atoms with van der Waals surface area (Å²) in [5.74, 6) is 0.206. The van der Waals surface area contributed by atoms with E-state index in [1.54, 1.807) is 19.1 Å². The van der Waals surface area contributed by atoms with Gasteiger partial charge >= 0.3 is 6.03 Å². The van der Waals surface area contributed by atoms with Crippen molar-refractivity contribution in [3.05, 3.63) is 50.9 Å². The average Bonchev–Trinajstić information content (AvgIpc) is 2.92. The predicted octanol–water partition coefficient (Wildman–Crippen LogP) is 2.62. The number of anilines is 1. The molecule has 0 saturated carbocycles. The Labute approximate surface area is 150 Å². The van der Waals surface area contributed by atoms with Crippen LogP contribution in [0.1, 0.15) is 12.5 Å². The topological polar surface area (TPSA) is 116 Å². The molecule has 2 amide bonds. The van der Waals surface area contributed by atoms with Gasteiger partial charge in [-0.3, -0.25) is 15.2 Å². The van der Waals surface area contributed by atoms with E-state index < -0.39 is 6.03 Å². The zero-order valence-corrected chi connectivity index (χ0v) is 14.8. The molecule has 2 heterocycles. The molecule has 1 aromatic carbocycles. The van der Waals surface area contributed by atoms with E-state index >= 15 is 0 Å². The molecule has 0 saturated heterocycles. The van der Waals surface area contributed by atoms with E-state index in [1.807, 2.05) is 12.1 Å². The summed E-state index contributed by atoms with van der Waals surface area (Å²) in [5, 5.41) is 16.2. The number of nitrogens with one attached hydrogen (secondary N) is 4. The van der Waals surface area contributed by atoms with Crippen molar-refractivity contribution < 1.29 is 4.79 Å². The average molecular weight is 403 g/mol. The van der Waals surface area contributed by atoms with Crippen LogP contribution in [0.15, 0.2) is 39.7 Å². The van der Waals surface area contributed by atoms with Gasteiger partial charge < -0.3 is 10.7 Å². The van der Waals surface area contributed by atoms with Crippen molar-refractivity contribution in [1.82, 2.24) is 20.1 Å². The summed E-state index contributed by atoms with van der Waals surface area (Å²) in [6.45, 7) is 2.26. The van der Waals surface area contributed by atoms with E-state index in [0.29, 0.717) is 28.7 Å². The first-order valence-corrected chi connectivity index (χ1v) is 8.29. The highest BCUT2D eigenvalue weighted by Crippen LogP contribution is 2.20. The molecule has 8 nitrogen and oxygen atoms in total. The summed E-state index contributed by atoms with van der Waals surface area (Å²) in [7, 11) is 0. The molecular weight excluding hydrogens is 388 g/mol. The van der Waals surface area contributed by atoms with Gasteiger partial charge in [-0.25, -0.2) is 14.5 Å². The highest BCUT2D eigenvalue weighted by atomic mass is 79.9. The zero-order valence-electron chi connectivity index (χ0n) is 13.3. The Kier molecular flexibility index (Phi) is 4.66. The third kappa shape index (κ3) is 3.18. The van der Waals surface area contributed by atoms with Crippen LogP contribution in [0.5, 0.6) is 0 Å². The van der Waals surface area contributed by atoms with Gasteiger partial charge in [-0.1, -0.05) is 15.9 Å². The predicted molar refractivity (Wildman–Crippen MR) is 100.0 cm³/mol. The number of nitrogens with zero attached hydrogens (tertiary/aromatic N) is 2. The largest absolute Gasteiger partial charge is 0.338 e.